The van der Waals surface area contributed by atoms with Gasteiger partial charge in [-0.3, -0.25) is 4.79 Å². The standard InChI is InChI=1S/C26H23ClN2O4/c1-31-23-12-9-19(25(14-23)32-2)16-29-26(30)21(15-28)13-18-7-10-22(11-8-18)33-17-20-5-3-4-6-24(20)27/h3-14H,16-17H2,1-2H3,(H,29,30)/b21-13+. The summed E-state index contributed by atoms with van der Waals surface area (Å²) < 4.78 is 16.3. The van der Waals surface area contributed by atoms with Crippen molar-refractivity contribution in [3.05, 3.63) is 94.0 Å². The third-order valence-electron chi connectivity index (χ3n) is 4.84. The van der Waals surface area contributed by atoms with Crippen molar-refractivity contribution in [1.29, 1.82) is 5.26 Å². The molecule has 0 heterocycles. The highest BCUT2D eigenvalue weighted by atomic mass is 35.5. The number of amides is 1. The number of hydrogen-bond donors (Lipinski definition) is 1. The predicted molar refractivity (Wildman–Crippen MR) is 127 cm³/mol. The molecule has 168 valence electrons. The number of carbonyl (C=O) groups is 1. The molecule has 0 unspecified atom stereocenters. The Morgan fingerprint density at radius 2 is 1.73 bits per heavy atom. The number of benzene rings is 3. The van der Waals surface area contributed by atoms with E-state index in [2.05, 4.69) is 5.32 Å². The topological polar surface area (TPSA) is 80.6 Å². The summed E-state index contributed by atoms with van der Waals surface area (Å²) in [5, 5.41) is 12.9. The van der Waals surface area contributed by atoms with Gasteiger partial charge >= 0.3 is 0 Å². The molecule has 3 rings (SSSR count). The van der Waals surface area contributed by atoms with Crippen LogP contribution in [0.15, 0.2) is 72.3 Å². The Labute approximate surface area is 198 Å². The van der Waals surface area contributed by atoms with Crippen molar-refractivity contribution in [3.63, 3.8) is 0 Å². The van der Waals surface area contributed by atoms with Crippen molar-refractivity contribution in [2.75, 3.05) is 14.2 Å². The number of hydrogen-bond acceptors (Lipinski definition) is 5. The molecule has 0 spiro atoms. The second-order valence-corrected chi connectivity index (χ2v) is 7.39. The molecule has 1 N–H and O–H groups in total. The van der Waals surface area contributed by atoms with E-state index in [4.69, 9.17) is 25.8 Å². The first-order valence-corrected chi connectivity index (χ1v) is 10.5. The summed E-state index contributed by atoms with van der Waals surface area (Å²) in [7, 11) is 3.11. The van der Waals surface area contributed by atoms with Gasteiger partial charge in [0.05, 0.1) is 14.2 Å². The van der Waals surface area contributed by atoms with E-state index in [0.717, 1.165) is 11.1 Å². The number of nitrogens with zero attached hydrogens (tertiary/aromatic N) is 1. The number of nitriles is 1. The third kappa shape index (κ3) is 6.52. The van der Waals surface area contributed by atoms with Gasteiger partial charge in [0.1, 0.15) is 35.5 Å². The maximum atomic E-state index is 12.5. The first kappa shape index (κ1) is 23.7. The van der Waals surface area contributed by atoms with E-state index in [1.807, 2.05) is 30.3 Å². The third-order valence-corrected chi connectivity index (χ3v) is 5.21. The number of halogens is 1. The normalized spacial score (nSPS) is 10.8. The molecule has 1 amide bonds. The van der Waals surface area contributed by atoms with Gasteiger partial charge in [0, 0.05) is 28.8 Å². The van der Waals surface area contributed by atoms with Crippen LogP contribution in [-0.2, 0) is 17.9 Å². The van der Waals surface area contributed by atoms with Crippen LogP contribution >= 0.6 is 11.6 Å². The molecule has 3 aromatic carbocycles. The largest absolute Gasteiger partial charge is 0.497 e. The van der Waals surface area contributed by atoms with Gasteiger partial charge in [-0.05, 0) is 42.0 Å². The second kappa shape index (κ2) is 11.6. The maximum absolute atomic E-state index is 12.5. The molecule has 0 aliphatic rings. The molecule has 33 heavy (non-hydrogen) atoms. The van der Waals surface area contributed by atoms with Crippen molar-refractivity contribution < 1.29 is 19.0 Å². The van der Waals surface area contributed by atoms with Crippen molar-refractivity contribution >= 4 is 23.6 Å². The van der Waals surface area contributed by atoms with Crippen LogP contribution in [0.25, 0.3) is 6.08 Å². The van der Waals surface area contributed by atoms with E-state index in [0.29, 0.717) is 34.4 Å². The monoisotopic (exact) mass is 462 g/mol. The van der Waals surface area contributed by atoms with E-state index in [1.54, 1.807) is 56.7 Å². The van der Waals surface area contributed by atoms with Gasteiger partial charge in [0.2, 0.25) is 0 Å². The Morgan fingerprint density at radius 3 is 2.39 bits per heavy atom. The lowest BCUT2D eigenvalue weighted by Crippen LogP contribution is -2.24. The molecule has 6 nitrogen and oxygen atoms in total. The summed E-state index contributed by atoms with van der Waals surface area (Å²) >= 11 is 6.15. The Bertz CT molecular complexity index is 1180. The lowest BCUT2D eigenvalue weighted by atomic mass is 10.1. The Kier molecular flexibility index (Phi) is 8.34. The molecule has 3 aromatic rings. The van der Waals surface area contributed by atoms with Crippen LogP contribution in [-0.4, -0.2) is 20.1 Å². The quantitative estimate of drug-likeness (QED) is 0.351. The lowest BCUT2D eigenvalue weighted by molar-refractivity contribution is -0.117. The number of ether oxygens (including phenoxy) is 3. The summed E-state index contributed by atoms with van der Waals surface area (Å²) in [5.74, 6) is 1.42. The number of methoxy groups -OCH3 is 2. The fraction of sp³-hybridized carbons (Fsp3) is 0.154. The SMILES string of the molecule is COc1ccc(CNC(=O)/C(C#N)=C/c2ccc(OCc3ccccc3Cl)cc2)c(OC)c1. The molecule has 0 aliphatic heterocycles. The van der Waals surface area contributed by atoms with Gasteiger partial charge in [0.25, 0.3) is 5.91 Å². The summed E-state index contributed by atoms with van der Waals surface area (Å²) in [6.07, 6.45) is 1.53. The fourth-order valence-electron chi connectivity index (χ4n) is 3.02. The highest BCUT2D eigenvalue weighted by molar-refractivity contribution is 6.31. The van der Waals surface area contributed by atoms with E-state index in [-0.39, 0.29) is 12.1 Å². The van der Waals surface area contributed by atoms with Gasteiger partial charge < -0.3 is 19.5 Å². The smallest absolute Gasteiger partial charge is 0.262 e. The van der Waals surface area contributed by atoms with Crippen LogP contribution < -0.4 is 19.5 Å². The average Bonchev–Trinajstić information content (AvgIpc) is 2.85. The molecule has 0 aliphatic carbocycles. The molecule has 0 saturated carbocycles. The summed E-state index contributed by atoms with van der Waals surface area (Å²) in [4.78, 5) is 12.5. The molecular formula is C26H23ClN2O4. The zero-order valence-electron chi connectivity index (χ0n) is 18.3. The number of rotatable bonds is 9. The van der Waals surface area contributed by atoms with Crippen molar-refractivity contribution in [2.24, 2.45) is 0 Å². The first-order chi connectivity index (χ1) is 16.0. The summed E-state index contributed by atoms with van der Waals surface area (Å²) in [6, 6.07) is 21.8. The molecule has 0 atom stereocenters. The van der Waals surface area contributed by atoms with Gasteiger partial charge in [-0.1, -0.05) is 41.9 Å². The van der Waals surface area contributed by atoms with Crippen molar-refractivity contribution in [3.8, 4) is 23.3 Å². The molecule has 0 aromatic heterocycles. The van der Waals surface area contributed by atoms with Gasteiger partial charge in [-0.15, -0.1) is 0 Å². The molecule has 0 bridgehead atoms. The van der Waals surface area contributed by atoms with Crippen LogP contribution in [0.2, 0.25) is 5.02 Å². The molecular weight excluding hydrogens is 440 g/mol. The maximum Gasteiger partial charge on any atom is 0.262 e. The minimum Gasteiger partial charge on any atom is -0.497 e. The molecule has 0 radical (unpaired) electrons. The van der Waals surface area contributed by atoms with Crippen LogP contribution in [0.1, 0.15) is 16.7 Å². The van der Waals surface area contributed by atoms with E-state index < -0.39 is 5.91 Å². The molecule has 7 heteroatoms. The van der Waals surface area contributed by atoms with Crippen LogP contribution in [0, 0.1) is 11.3 Å². The van der Waals surface area contributed by atoms with E-state index in [1.165, 1.54) is 6.08 Å². The second-order valence-electron chi connectivity index (χ2n) is 6.98. The van der Waals surface area contributed by atoms with Crippen molar-refractivity contribution in [1.82, 2.24) is 5.32 Å². The lowest BCUT2D eigenvalue weighted by Gasteiger charge is -2.11. The summed E-state index contributed by atoms with van der Waals surface area (Å²) in [6.45, 7) is 0.551. The number of carbonyl (C=O) groups excluding carboxylic acids is 1. The Morgan fingerprint density at radius 1 is 1.00 bits per heavy atom. The minimum absolute atomic E-state index is 0.00721. The molecule has 0 fully saturated rings. The molecule has 0 saturated heterocycles. The Hall–Kier alpha value is -3.95. The van der Waals surface area contributed by atoms with Gasteiger partial charge in [-0.25, -0.2) is 0 Å². The van der Waals surface area contributed by atoms with Crippen LogP contribution in [0.3, 0.4) is 0 Å². The van der Waals surface area contributed by atoms with Crippen molar-refractivity contribution in [2.45, 2.75) is 13.2 Å². The van der Waals surface area contributed by atoms with E-state index >= 15 is 0 Å². The number of nitrogens with one attached hydrogen (secondary N) is 1. The predicted octanol–water partition coefficient (Wildman–Crippen LogP) is 5.16. The zero-order valence-corrected chi connectivity index (χ0v) is 19.1. The first-order valence-electron chi connectivity index (χ1n) is 10.1. The highest BCUT2D eigenvalue weighted by Crippen LogP contribution is 2.24. The Balaban J connectivity index is 1.62. The van der Waals surface area contributed by atoms with Crippen LogP contribution in [0.5, 0.6) is 17.2 Å². The minimum atomic E-state index is -0.477. The highest BCUT2D eigenvalue weighted by Gasteiger charge is 2.11. The average molecular weight is 463 g/mol. The van der Waals surface area contributed by atoms with Gasteiger partial charge in [-0.2, -0.15) is 5.26 Å². The summed E-state index contributed by atoms with van der Waals surface area (Å²) in [5.41, 5.74) is 2.35. The van der Waals surface area contributed by atoms with Crippen LogP contribution in [0.4, 0.5) is 0 Å². The fourth-order valence-corrected chi connectivity index (χ4v) is 3.21. The van der Waals surface area contributed by atoms with E-state index in [9.17, 15) is 10.1 Å². The zero-order chi connectivity index (χ0) is 23.6. The van der Waals surface area contributed by atoms with Gasteiger partial charge in [0.15, 0.2) is 0 Å².